The first-order chi connectivity index (χ1) is 11.0. The number of aryl methyl sites for hydroxylation is 1. The lowest BCUT2D eigenvalue weighted by Gasteiger charge is -2.11. The van der Waals surface area contributed by atoms with Crippen molar-refractivity contribution in [2.24, 2.45) is 0 Å². The van der Waals surface area contributed by atoms with Crippen molar-refractivity contribution in [1.29, 1.82) is 0 Å². The van der Waals surface area contributed by atoms with Gasteiger partial charge in [-0.3, -0.25) is 0 Å². The van der Waals surface area contributed by atoms with Crippen molar-refractivity contribution in [2.45, 2.75) is 18.2 Å². The Morgan fingerprint density at radius 3 is 2.35 bits per heavy atom. The topological polar surface area (TPSA) is 64.6 Å². The molecule has 2 aromatic carbocycles. The van der Waals surface area contributed by atoms with E-state index in [1.54, 1.807) is 26.4 Å². The van der Waals surface area contributed by atoms with E-state index in [-0.39, 0.29) is 4.90 Å². The van der Waals surface area contributed by atoms with Gasteiger partial charge < -0.3 is 9.47 Å². The minimum atomic E-state index is -3.54. The highest BCUT2D eigenvalue weighted by atomic mass is 32.2. The van der Waals surface area contributed by atoms with Gasteiger partial charge in [0.1, 0.15) is 11.5 Å². The van der Waals surface area contributed by atoms with Gasteiger partial charge in [-0.05, 0) is 48.7 Å². The van der Waals surface area contributed by atoms with Crippen molar-refractivity contribution in [2.75, 3.05) is 20.8 Å². The van der Waals surface area contributed by atoms with Crippen molar-refractivity contribution in [3.8, 4) is 11.5 Å². The minimum absolute atomic E-state index is 0.232. The van der Waals surface area contributed by atoms with Crippen molar-refractivity contribution in [3.63, 3.8) is 0 Å². The first-order valence-corrected chi connectivity index (χ1v) is 8.72. The fourth-order valence-electron chi connectivity index (χ4n) is 2.33. The molecule has 0 heterocycles. The average Bonchev–Trinajstić information content (AvgIpc) is 2.55. The number of ether oxygens (including phenoxy) is 2. The summed E-state index contributed by atoms with van der Waals surface area (Å²) in [5, 5.41) is 0. The molecule has 0 fully saturated rings. The molecule has 124 valence electrons. The van der Waals surface area contributed by atoms with Crippen LogP contribution < -0.4 is 14.2 Å². The maximum absolute atomic E-state index is 12.3. The number of nitrogens with one attached hydrogen (secondary N) is 1. The first kappa shape index (κ1) is 17.3. The van der Waals surface area contributed by atoms with Crippen molar-refractivity contribution < 1.29 is 17.9 Å². The van der Waals surface area contributed by atoms with E-state index in [4.69, 9.17) is 9.47 Å². The summed E-state index contributed by atoms with van der Waals surface area (Å²) in [7, 11) is -0.386. The number of methoxy groups -OCH3 is 2. The number of hydrogen-bond donors (Lipinski definition) is 1. The van der Waals surface area contributed by atoms with Crippen LogP contribution in [0.5, 0.6) is 11.5 Å². The normalized spacial score (nSPS) is 11.3. The second-order valence-electron chi connectivity index (χ2n) is 5.09. The third kappa shape index (κ3) is 4.24. The molecular weight excluding hydrogens is 314 g/mol. The number of para-hydroxylation sites is 1. The molecular formula is C17H21NO4S. The van der Waals surface area contributed by atoms with Crippen molar-refractivity contribution in [1.82, 2.24) is 4.72 Å². The summed E-state index contributed by atoms with van der Waals surface area (Å²) >= 11 is 0. The van der Waals surface area contributed by atoms with Gasteiger partial charge in [-0.15, -0.1) is 0 Å². The molecule has 6 heteroatoms. The highest BCUT2D eigenvalue weighted by molar-refractivity contribution is 7.89. The van der Waals surface area contributed by atoms with E-state index in [0.29, 0.717) is 18.7 Å². The fourth-order valence-corrected chi connectivity index (χ4v) is 3.45. The van der Waals surface area contributed by atoms with Crippen LogP contribution in [0.2, 0.25) is 0 Å². The Bertz CT molecular complexity index is 772. The summed E-state index contributed by atoms with van der Waals surface area (Å²) in [6.07, 6.45) is 0.554. The molecule has 0 aromatic heterocycles. The highest BCUT2D eigenvalue weighted by Crippen LogP contribution is 2.21. The molecule has 0 spiro atoms. The van der Waals surface area contributed by atoms with E-state index >= 15 is 0 Å². The SMILES string of the molecule is COc1ccc(S(=O)(=O)NCCc2ccccc2OC)cc1C. The molecule has 0 atom stereocenters. The lowest BCUT2D eigenvalue weighted by Crippen LogP contribution is -2.26. The lowest BCUT2D eigenvalue weighted by molar-refractivity contribution is 0.409. The molecule has 2 aromatic rings. The second kappa shape index (κ2) is 7.48. The summed E-state index contributed by atoms with van der Waals surface area (Å²) in [6.45, 7) is 2.11. The molecule has 23 heavy (non-hydrogen) atoms. The van der Waals surface area contributed by atoms with Crippen LogP contribution in [0.25, 0.3) is 0 Å². The van der Waals surface area contributed by atoms with E-state index < -0.39 is 10.0 Å². The Labute approximate surface area is 137 Å². The maximum Gasteiger partial charge on any atom is 0.240 e. The van der Waals surface area contributed by atoms with Crippen LogP contribution >= 0.6 is 0 Å². The van der Waals surface area contributed by atoms with Crippen LogP contribution in [-0.4, -0.2) is 29.2 Å². The quantitative estimate of drug-likeness (QED) is 0.844. The zero-order valence-corrected chi connectivity index (χ0v) is 14.3. The van der Waals surface area contributed by atoms with Crippen LogP contribution in [0.4, 0.5) is 0 Å². The van der Waals surface area contributed by atoms with E-state index in [1.807, 2.05) is 31.2 Å². The molecule has 0 saturated carbocycles. The van der Waals surface area contributed by atoms with Gasteiger partial charge in [-0.1, -0.05) is 18.2 Å². The van der Waals surface area contributed by atoms with Crippen LogP contribution in [0, 0.1) is 6.92 Å². The number of rotatable bonds is 7. The minimum Gasteiger partial charge on any atom is -0.496 e. The van der Waals surface area contributed by atoms with E-state index in [2.05, 4.69) is 4.72 Å². The Morgan fingerprint density at radius 1 is 1.00 bits per heavy atom. The van der Waals surface area contributed by atoms with Gasteiger partial charge in [0, 0.05) is 6.54 Å². The molecule has 2 rings (SSSR count). The smallest absolute Gasteiger partial charge is 0.240 e. The summed E-state index contributed by atoms with van der Waals surface area (Å²) in [4.78, 5) is 0.232. The van der Waals surface area contributed by atoms with Crippen LogP contribution in [-0.2, 0) is 16.4 Å². The average molecular weight is 335 g/mol. The largest absolute Gasteiger partial charge is 0.496 e. The molecule has 0 amide bonds. The second-order valence-corrected chi connectivity index (χ2v) is 6.86. The van der Waals surface area contributed by atoms with Crippen LogP contribution in [0.15, 0.2) is 47.4 Å². The van der Waals surface area contributed by atoms with E-state index in [9.17, 15) is 8.42 Å². The zero-order chi connectivity index (χ0) is 16.9. The maximum atomic E-state index is 12.3. The van der Waals surface area contributed by atoms with Crippen LogP contribution in [0.1, 0.15) is 11.1 Å². The first-order valence-electron chi connectivity index (χ1n) is 7.24. The number of sulfonamides is 1. The molecule has 0 unspecified atom stereocenters. The predicted octanol–water partition coefficient (Wildman–Crippen LogP) is 2.53. The Balaban J connectivity index is 2.06. The highest BCUT2D eigenvalue weighted by Gasteiger charge is 2.15. The van der Waals surface area contributed by atoms with Crippen LogP contribution in [0.3, 0.4) is 0 Å². The third-order valence-electron chi connectivity index (χ3n) is 3.56. The third-order valence-corrected chi connectivity index (χ3v) is 5.01. The van der Waals surface area contributed by atoms with E-state index in [0.717, 1.165) is 16.9 Å². The summed E-state index contributed by atoms with van der Waals surface area (Å²) in [5.41, 5.74) is 1.74. The zero-order valence-electron chi connectivity index (χ0n) is 13.5. The van der Waals surface area contributed by atoms with Crippen molar-refractivity contribution >= 4 is 10.0 Å². The predicted molar refractivity (Wildman–Crippen MR) is 89.6 cm³/mol. The molecule has 0 aliphatic heterocycles. The van der Waals surface area contributed by atoms with Crippen molar-refractivity contribution in [3.05, 3.63) is 53.6 Å². The molecule has 0 aliphatic rings. The van der Waals surface area contributed by atoms with Gasteiger partial charge in [0.2, 0.25) is 10.0 Å². The van der Waals surface area contributed by atoms with Gasteiger partial charge in [-0.2, -0.15) is 0 Å². The number of hydrogen-bond acceptors (Lipinski definition) is 4. The van der Waals surface area contributed by atoms with Gasteiger partial charge in [0.25, 0.3) is 0 Å². The lowest BCUT2D eigenvalue weighted by atomic mass is 10.1. The summed E-state index contributed by atoms with van der Waals surface area (Å²) < 4.78 is 37.7. The molecule has 0 bridgehead atoms. The summed E-state index contributed by atoms with van der Waals surface area (Å²) in [6, 6.07) is 12.4. The Hall–Kier alpha value is -2.05. The molecule has 1 N–H and O–H groups in total. The van der Waals surface area contributed by atoms with Gasteiger partial charge in [0.15, 0.2) is 0 Å². The van der Waals surface area contributed by atoms with Gasteiger partial charge in [-0.25, -0.2) is 13.1 Å². The van der Waals surface area contributed by atoms with E-state index in [1.165, 1.54) is 6.07 Å². The standard InChI is InChI=1S/C17H21NO4S/c1-13-12-15(8-9-16(13)21-2)23(19,20)18-11-10-14-6-4-5-7-17(14)22-3/h4-9,12,18H,10-11H2,1-3H3. The molecule has 0 radical (unpaired) electrons. The van der Waals surface area contributed by atoms with Gasteiger partial charge in [0.05, 0.1) is 19.1 Å². The molecule has 0 aliphatic carbocycles. The fraction of sp³-hybridized carbons (Fsp3) is 0.294. The van der Waals surface area contributed by atoms with Gasteiger partial charge >= 0.3 is 0 Å². The Kier molecular flexibility index (Phi) is 5.63. The molecule has 5 nitrogen and oxygen atoms in total. The summed E-state index contributed by atoms with van der Waals surface area (Å²) in [5.74, 6) is 1.42. The number of benzene rings is 2. The monoisotopic (exact) mass is 335 g/mol. The molecule has 0 saturated heterocycles. The Morgan fingerprint density at radius 2 is 1.70 bits per heavy atom.